The van der Waals surface area contributed by atoms with Crippen LogP contribution >= 0.6 is 0 Å². The normalized spacial score (nSPS) is 19.4. The van der Waals surface area contributed by atoms with E-state index in [1.807, 2.05) is 32.0 Å². The molecule has 9 heteroatoms. The molecule has 0 amide bonds. The maximum atomic E-state index is 12.2. The number of hydrogen-bond donors (Lipinski definition) is 2. The molecule has 1 heterocycles. The van der Waals surface area contributed by atoms with Gasteiger partial charge in [-0.25, -0.2) is 9.97 Å². The van der Waals surface area contributed by atoms with E-state index in [0.717, 1.165) is 48.7 Å². The first-order valence-electron chi connectivity index (χ1n) is 10.1. The van der Waals surface area contributed by atoms with Crippen LogP contribution < -0.4 is 20.3 Å². The Hall–Kier alpha value is -2.55. The zero-order valence-electron chi connectivity index (χ0n) is 17.5. The number of halogens is 3. The minimum absolute atomic E-state index is 0.199. The highest BCUT2D eigenvalue weighted by atomic mass is 19.4. The van der Waals surface area contributed by atoms with Crippen LogP contribution in [0.3, 0.4) is 0 Å². The Labute approximate surface area is 174 Å². The molecule has 0 atom stereocenters. The number of ether oxygens (including phenoxy) is 1. The summed E-state index contributed by atoms with van der Waals surface area (Å²) in [4.78, 5) is 10.9. The van der Waals surface area contributed by atoms with E-state index >= 15 is 0 Å². The third-order valence-electron chi connectivity index (χ3n) is 5.11. The van der Waals surface area contributed by atoms with Crippen molar-refractivity contribution in [3.05, 3.63) is 41.7 Å². The van der Waals surface area contributed by atoms with Gasteiger partial charge in [-0.2, -0.15) is 0 Å². The van der Waals surface area contributed by atoms with Crippen LogP contribution in [0.5, 0.6) is 5.75 Å². The molecule has 0 spiro atoms. The molecule has 1 aromatic heterocycles. The fourth-order valence-electron chi connectivity index (χ4n) is 3.58. The Balaban J connectivity index is 1.44. The van der Waals surface area contributed by atoms with Gasteiger partial charge < -0.3 is 20.3 Å². The van der Waals surface area contributed by atoms with Crippen molar-refractivity contribution in [3.63, 3.8) is 0 Å². The molecule has 30 heavy (non-hydrogen) atoms. The molecule has 2 aromatic rings. The van der Waals surface area contributed by atoms with E-state index in [-0.39, 0.29) is 5.75 Å². The van der Waals surface area contributed by atoms with Crippen LogP contribution in [0.4, 0.5) is 24.8 Å². The Morgan fingerprint density at radius 2 is 1.67 bits per heavy atom. The second kappa shape index (κ2) is 9.51. The molecule has 1 saturated carbocycles. The van der Waals surface area contributed by atoms with Crippen molar-refractivity contribution in [3.8, 4) is 5.75 Å². The van der Waals surface area contributed by atoms with Crippen LogP contribution in [0.1, 0.15) is 37.1 Å². The number of nitrogens with one attached hydrogen (secondary N) is 2. The van der Waals surface area contributed by atoms with Gasteiger partial charge in [0.2, 0.25) is 0 Å². The van der Waals surface area contributed by atoms with Gasteiger partial charge in [0.1, 0.15) is 23.2 Å². The number of hydrogen-bond acceptors (Lipinski definition) is 6. The number of aromatic nitrogens is 2. The molecular weight excluding hydrogens is 395 g/mol. The van der Waals surface area contributed by atoms with E-state index in [4.69, 9.17) is 0 Å². The largest absolute Gasteiger partial charge is 0.573 e. The Morgan fingerprint density at radius 1 is 1.03 bits per heavy atom. The van der Waals surface area contributed by atoms with Gasteiger partial charge in [-0.1, -0.05) is 12.1 Å². The highest BCUT2D eigenvalue weighted by Gasteiger charge is 2.31. The first kappa shape index (κ1) is 22.1. The minimum atomic E-state index is -4.66. The van der Waals surface area contributed by atoms with Gasteiger partial charge in [-0.05, 0) is 50.3 Å². The molecule has 1 fully saturated rings. The van der Waals surface area contributed by atoms with Crippen molar-refractivity contribution in [1.82, 2.24) is 15.3 Å². The highest BCUT2D eigenvalue weighted by Crippen LogP contribution is 2.25. The van der Waals surface area contributed by atoms with Crippen molar-refractivity contribution in [1.29, 1.82) is 0 Å². The van der Waals surface area contributed by atoms with Crippen LogP contribution in [-0.2, 0) is 6.54 Å². The molecule has 6 nitrogen and oxygen atoms in total. The lowest BCUT2D eigenvalue weighted by Crippen LogP contribution is -2.36. The predicted molar refractivity (Wildman–Crippen MR) is 111 cm³/mol. The average Bonchev–Trinajstić information content (AvgIpc) is 2.67. The SMILES string of the molecule is Cc1nc(NC2CCC(NCc3ccc(OC(F)(F)F)cc3)CC2)cc(N(C)C)n1. The standard InChI is InChI=1S/C21H28F3N5O/c1-14-26-19(12-20(27-14)29(2)3)28-17-8-6-16(7-9-17)25-13-15-4-10-18(11-5-15)30-21(22,23)24/h4-5,10-12,16-17,25H,6-9,13H2,1-3H3,(H,26,27,28). The smallest absolute Gasteiger partial charge is 0.406 e. The van der Waals surface area contributed by atoms with E-state index in [2.05, 4.69) is 25.3 Å². The van der Waals surface area contributed by atoms with Gasteiger partial charge in [0.15, 0.2) is 0 Å². The van der Waals surface area contributed by atoms with Crippen LogP contribution in [0, 0.1) is 6.92 Å². The van der Waals surface area contributed by atoms with Gasteiger partial charge in [0, 0.05) is 38.8 Å². The zero-order valence-corrected chi connectivity index (χ0v) is 17.5. The summed E-state index contributed by atoms with van der Waals surface area (Å²) in [5, 5.41) is 7.02. The van der Waals surface area contributed by atoms with Crippen molar-refractivity contribution >= 4 is 11.6 Å². The number of benzene rings is 1. The summed E-state index contributed by atoms with van der Waals surface area (Å²) in [5.41, 5.74) is 0.928. The molecule has 2 N–H and O–H groups in total. The van der Waals surface area contributed by atoms with Crippen LogP contribution in [0.2, 0.25) is 0 Å². The topological polar surface area (TPSA) is 62.3 Å². The molecule has 0 aliphatic heterocycles. The Morgan fingerprint density at radius 3 is 2.27 bits per heavy atom. The van der Waals surface area contributed by atoms with Crippen LogP contribution in [0.15, 0.2) is 30.3 Å². The molecular formula is C21H28F3N5O. The molecule has 1 aliphatic rings. The summed E-state index contributed by atoms with van der Waals surface area (Å²) < 4.78 is 40.6. The maximum Gasteiger partial charge on any atom is 0.573 e. The molecule has 3 rings (SSSR count). The van der Waals surface area contributed by atoms with Crippen LogP contribution in [0.25, 0.3) is 0 Å². The van der Waals surface area contributed by atoms with E-state index in [0.29, 0.717) is 18.6 Å². The highest BCUT2D eigenvalue weighted by molar-refractivity contribution is 5.49. The molecule has 0 radical (unpaired) electrons. The van der Waals surface area contributed by atoms with Gasteiger partial charge in [-0.3, -0.25) is 0 Å². The van der Waals surface area contributed by atoms with E-state index in [9.17, 15) is 13.2 Å². The molecule has 1 aromatic carbocycles. The summed E-state index contributed by atoms with van der Waals surface area (Å²) in [6, 6.07) is 8.71. The molecule has 0 saturated heterocycles. The third kappa shape index (κ3) is 6.76. The zero-order chi connectivity index (χ0) is 21.7. The second-order valence-corrected chi connectivity index (χ2v) is 7.82. The molecule has 0 unspecified atom stereocenters. The van der Waals surface area contributed by atoms with Crippen molar-refractivity contribution < 1.29 is 17.9 Å². The lowest BCUT2D eigenvalue weighted by atomic mass is 9.91. The number of alkyl halides is 3. The van der Waals surface area contributed by atoms with Gasteiger partial charge in [0.25, 0.3) is 0 Å². The fraction of sp³-hybridized carbons (Fsp3) is 0.524. The quantitative estimate of drug-likeness (QED) is 0.694. The van der Waals surface area contributed by atoms with Gasteiger partial charge in [-0.15, -0.1) is 13.2 Å². The van der Waals surface area contributed by atoms with Gasteiger partial charge >= 0.3 is 6.36 Å². The minimum Gasteiger partial charge on any atom is -0.406 e. The lowest BCUT2D eigenvalue weighted by Gasteiger charge is -2.30. The summed E-state index contributed by atoms with van der Waals surface area (Å²) in [6.07, 6.45) is -0.563. The lowest BCUT2D eigenvalue weighted by molar-refractivity contribution is -0.274. The summed E-state index contributed by atoms with van der Waals surface area (Å²) in [6.45, 7) is 2.51. The predicted octanol–water partition coefficient (Wildman–Crippen LogP) is 4.26. The van der Waals surface area contributed by atoms with E-state index in [1.54, 1.807) is 12.1 Å². The van der Waals surface area contributed by atoms with E-state index in [1.165, 1.54) is 12.1 Å². The maximum absolute atomic E-state index is 12.2. The first-order valence-corrected chi connectivity index (χ1v) is 10.1. The summed E-state index contributed by atoms with van der Waals surface area (Å²) in [5.74, 6) is 2.27. The first-order chi connectivity index (χ1) is 14.2. The fourth-order valence-corrected chi connectivity index (χ4v) is 3.58. The molecule has 0 bridgehead atoms. The molecule has 1 aliphatic carbocycles. The van der Waals surface area contributed by atoms with Crippen molar-refractivity contribution in [2.45, 2.75) is 57.6 Å². The third-order valence-corrected chi connectivity index (χ3v) is 5.11. The Kier molecular flexibility index (Phi) is 7.02. The van der Waals surface area contributed by atoms with E-state index < -0.39 is 6.36 Å². The number of aryl methyl sites for hydroxylation is 1. The second-order valence-electron chi connectivity index (χ2n) is 7.82. The molecule has 164 valence electrons. The summed E-state index contributed by atoms with van der Waals surface area (Å²) >= 11 is 0. The van der Waals surface area contributed by atoms with Crippen molar-refractivity contribution in [2.75, 3.05) is 24.3 Å². The van der Waals surface area contributed by atoms with Gasteiger partial charge in [0.05, 0.1) is 0 Å². The average molecular weight is 423 g/mol. The number of nitrogens with zero attached hydrogens (tertiary/aromatic N) is 3. The number of rotatable bonds is 7. The monoisotopic (exact) mass is 423 g/mol. The number of anilines is 2. The summed E-state index contributed by atoms with van der Waals surface area (Å²) in [7, 11) is 3.92. The Bertz CT molecular complexity index is 818. The van der Waals surface area contributed by atoms with Crippen LogP contribution in [-0.4, -0.2) is 42.5 Å². The van der Waals surface area contributed by atoms with Crippen molar-refractivity contribution in [2.24, 2.45) is 0 Å².